The third kappa shape index (κ3) is 3.93. The molecule has 0 spiro atoms. The number of fused-ring (bicyclic) bond motifs is 1. The number of hydrogen-bond acceptors (Lipinski definition) is 3. The molecule has 1 aliphatic heterocycles. The quantitative estimate of drug-likeness (QED) is 0.600. The van der Waals surface area contributed by atoms with Crippen molar-refractivity contribution in [2.45, 2.75) is 19.1 Å². The highest BCUT2D eigenvalue weighted by molar-refractivity contribution is 7.10. The predicted molar refractivity (Wildman–Crippen MR) is 109 cm³/mol. The molecule has 2 aromatic carbocycles. The first-order chi connectivity index (χ1) is 13.2. The van der Waals surface area contributed by atoms with Crippen molar-refractivity contribution < 1.29 is 9.53 Å². The van der Waals surface area contributed by atoms with Crippen molar-refractivity contribution in [2.75, 3.05) is 13.2 Å². The lowest BCUT2D eigenvalue weighted by Gasteiger charge is -2.36. The van der Waals surface area contributed by atoms with Gasteiger partial charge in [-0.05, 0) is 40.6 Å². The molecule has 5 heteroatoms. The van der Waals surface area contributed by atoms with Crippen LogP contribution in [0.3, 0.4) is 0 Å². The van der Waals surface area contributed by atoms with Crippen LogP contribution >= 0.6 is 22.9 Å². The van der Waals surface area contributed by atoms with Crippen LogP contribution in [0.2, 0.25) is 5.02 Å². The SMILES string of the molecule is O=C(COCc1ccccc1Cl)N1CCc2sccc2C1c1ccccc1. The van der Waals surface area contributed by atoms with Crippen LogP contribution in [0.15, 0.2) is 66.0 Å². The first kappa shape index (κ1) is 18.2. The highest BCUT2D eigenvalue weighted by Crippen LogP contribution is 2.37. The number of carbonyl (C=O) groups excluding carboxylic acids is 1. The zero-order valence-corrected chi connectivity index (χ0v) is 16.4. The Balaban J connectivity index is 1.49. The molecule has 0 bridgehead atoms. The highest BCUT2D eigenvalue weighted by atomic mass is 35.5. The molecule has 1 amide bonds. The van der Waals surface area contributed by atoms with E-state index in [1.165, 1.54) is 10.4 Å². The van der Waals surface area contributed by atoms with E-state index in [0.717, 1.165) is 17.5 Å². The van der Waals surface area contributed by atoms with Gasteiger partial charge in [0.1, 0.15) is 6.61 Å². The van der Waals surface area contributed by atoms with E-state index < -0.39 is 0 Å². The minimum Gasteiger partial charge on any atom is -0.367 e. The maximum atomic E-state index is 13.0. The van der Waals surface area contributed by atoms with Crippen molar-refractivity contribution in [3.05, 3.63) is 92.6 Å². The van der Waals surface area contributed by atoms with Crippen LogP contribution < -0.4 is 0 Å². The van der Waals surface area contributed by atoms with Gasteiger partial charge in [0.2, 0.25) is 5.91 Å². The summed E-state index contributed by atoms with van der Waals surface area (Å²) in [5, 5.41) is 2.77. The molecule has 3 aromatic rings. The highest BCUT2D eigenvalue weighted by Gasteiger charge is 2.32. The number of halogens is 1. The monoisotopic (exact) mass is 397 g/mol. The normalized spacial score (nSPS) is 16.2. The van der Waals surface area contributed by atoms with Gasteiger partial charge in [-0.15, -0.1) is 11.3 Å². The van der Waals surface area contributed by atoms with E-state index in [2.05, 4.69) is 23.6 Å². The van der Waals surface area contributed by atoms with Gasteiger partial charge in [-0.3, -0.25) is 4.79 Å². The summed E-state index contributed by atoms with van der Waals surface area (Å²) in [6, 6.07) is 19.9. The van der Waals surface area contributed by atoms with Gasteiger partial charge in [-0.2, -0.15) is 0 Å². The van der Waals surface area contributed by atoms with Crippen molar-refractivity contribution in [1.82, 2.24) is 4.90 Å². The summed E-state index contributed by atoms with van der Waals surface area (Å²) in [6.45, 7) is 1.09. The van der Waals surface area contributed by atoms with E-state index in [0.29, 0.717) is 18.2 Å². The van der Waals surface area contributed by atoms with Crippen molar-refractivity contribution in [3.63, 3.8) is 0 Å². The molecular weight excluding hydrogens is 378 g/mol. The number of rotatable bonds is 5. The maximum Gasteiger partial charge on any atom is 0.249 e. The molecule has 2 heterocycles. The Hall–Kier alpha value is -2.14. The van der Waals surface area contributed by atoms with Gasteiger partial charge < -0.3 is 9.64 Å². The average molecular weight is 398 g/mol. The van der Waals surface area contributed by atoms with E-state index >= 15 is 0 Å². The Kier molecular flexibility index (Phi) is 5.58. The molecule has 0 saturated heterocycles. The van der Waals surface area contributed by atoms with E-state index in [1.54, 1.807) is 11.3 Å². The summed E-state index contributed by atoms with van der Waals surface area (Å²) < 4.78 is 5.70. The Morgan fingerprint density at radius 1 is 1.11 bits per heavy atom. The van der Waals surface area contributed by atoms with Crippen LogP contribution in [-0.2, 0) is 22.6 Å². The van der Waals surface area contributed by atoms with Gasteiger partial charge in [-0.1, -0.05) is 60.1 Å². The number of ether oxygens (including phenoxy) is 1. The third-order valence-corrected chi connectivity index (χ3v) is 6.21. The zero-order chi connectivity index (χ0) is 18.6. The number of nitrogens with zero attached hydrogens (tertiary/aromatic N) is 1. The second-order valence-corrected chi connectivity index (χ2v) is 7.94. The Morgan fingerprint density at radius 2 is 1.89 bits per heavy atom. The Labute approximate surface area is 168 Å². The molecule has 0 radical (unpaired) electrons. The standard InChI is InChI=1S/C22H20ClNO2S/c23-19-9-5-4-8-17(19)14-26-15-21(25)24-12-10-20-18(11-13-27-20)22(24)16-6-2-1-3-7-16/h1-9,11,13,22H,10,12,14-15H2. The lowest BCUT2D eigenvalue weighted by Crippen LogP contribution is -2.41. The molecule has 1 aliphatic rings. The Bertz CT molecular complexity index is 925. The summed E-state index contributed by atoms with van der Waals surface area (Å²) in [7, 11) is 0. The van der Waals surface area contributed by atoms with E-state index in [4.69, 9.17) is 16.3 Å². The summed E-state index contributed by atoms with van der Waals surface area (Å²) in [5.41, 5.74) is 3.26. The average Bonchev–Trinajstić information content (AvgIpc) is 3.18. The summed E-state index contributed by atoms with van der Waals surface area (Å²) in [6.07, 6.45) is 0.895. The molecule has 0 aliphatic carbocycles. The summed E-state index contributed by atoms with van der Waals surface area (Å²) in [4.78, 5) is 16.3. The second kappa shape index (κ2) is 8.26. The minimum absolute atomic E-state index is 0.00718. The van der Waals surface area contributed by atoms with Crippen molar-refractivity contribution in [1.29, 1.82) is 0 Å². The lowest BCUT2D eigenvalue weighted by molar-refractivity contribution is -0.138. The van der Waals surface area contributed by atoms with Gasteiger partial charge in [0.05, 0.1) is 12.6 Å². The fourth-order valence-electron chi connectivity index (χ4n) is 3.53. The Morgan fingerprint density at radius 3 is 2.70 bits per heavy atom. The van der Waals surface area contributed by atoms with Gasteiger partial charge in [0.15, 0.2) is 0 Å². The van der Waals surface area contributed by atoms with E-state index in [1.807, 2.05) is 47.4 Å². The third-order valence-electron chi connectivity index (χ3n) is 4.84. The van der Waals surface area contributed by atoms with Gasteiger partial charge in [0, 0.05) is 16.4 Å². The molecule has 1 unspecified atom stereocenters. The van der Waals surface area contributed by atoms with Crippen LogP contribution in [0.5, 0.6) is 0 Å². The minimum atomic E-state index is -0.0439. The van der Waals surface area contributed by atoms with Crippen molar-refractivity contribution >= 4 is 28.8 Å². The molecule has 3 nitrogen and oxygen atoms in total. The molecule has 1 aromatic heterocycles. The first-order valence-corrected chi connectivity index (χ1v) is 10.2. The maximum absolute atomic E-state index is 13.0. The van der Waals surface area contributed by atoms with Crippen LogP contribution in [0.25, 0.3) is 0 Å². The van der Waals surface area contributed by atoms with E-state index in [-0.39, 0.29) is 18.6 Å². The summed E-state index contributed by atoms with van der Waals surface area (Å²) in [5.74, 6) is 0.00718. The summed E-state index contributed by atoms with van der Waals surface area (Å²) >= 11 is 7.93. The molecule has 0 saturated carbocycles. The fraction of sp³-hybridized carbons (Fsp3) is 0.227. The van der Waals surface area contributed by atoms with Crippen molar-refractivity contribution in [3.8, 4) is 0 Å². The molecular formula is C22H20ClNO2S. The first-order valence-electron chi connectivity index (χ1n) is 8.96. The molecule has 27 heavy (non-hydrogen) atoms. The number of carbonyl (C=O) groups is 1. The molecule has 0 fully saturated rings. The largest absolute Gasteiger partial charge is 0.367 e. The number of thiophene rings is 1. The predicted octanol–water partition coefficient (Wildman–Crippen LogP) is 5.09. The molecule has 1 atom stereocenters. The topological polar surface area (TPSA) is 29.5 Å². The fourth-order valence-corrected chi connectivity index (χ4v) is 4.62. The van der Waals surface area contributed by atoms with Crippen LogP contribution in [-0.4, -0.2) is 24.0 Å². The van der Waals surface area contributed by atoms with E-state index in [9.17, 15) is 4.79 Å². The smallest absolute Gasteiger partial charge is 0.249 e. The number of hydrogen-bond donors (Lipinski definition) is 0. The molecule has 0 N–H and O–H groups in total. The van der Waals surface area contributed by atoms with Crippen LogP contribution in [0, 0.1) is 0 Å². The van der Waals surface area contributed by atoms with Gasteiger partial charge >= 0.3 is 0 Å². The number of benzene rings is 2. The number of amides is 1. The van der Waals surface area contributed by atoms with Crippen molar-refractivity contribution in [2.24, 2.45) is 0 Å². The molecule has 138 valence electrons. The lowest BCUT2D eigenvalue weighted by atomic mass is 9.93. The van der Waals surface area contributed by atoms with Gasteiger partial charge in [-0.25, -0.2) is 0 Å². The van der Waals surface area contributed by atoms with Crippen LogP contribution in [0.4, 0.5) is 0 Å². The molecule has 4 rings (SSSR count). The van der Waals surface area contributed by atoms with Crippen LogP contribution in [0.1, 0.15) is 27.6 Å². The van der Waals surface area contributed by atoms with Gasteiger partial charge in [0.25, 0.3) is 0 Å². The second-order valence-electron chi connectivity index (χ2n) is 6.53. The zero-order valence-electron chi connectivity index (χ0n) is 14.8.